The van der Waals surface area contributed by atoms with E-state index in [1.807, 2.05) is 0 Å². The number of hydrogen-bond acceptors (Lipinski definition) is 5. The zero-order valence-corrected chi connectivity index (χ0v) is 24.8. The molecule has 1 heterocycles. The molecule has 2 amide bonds. The lowest BCUT2D eigenvalue weighted by molar-refractivity contribution is -0.120. The lowest BCUT2D eigenvalue weighted by atomic mass is 10.2. The van der Waals surface area contributed by atoms with Gasteiger partial charge in [0, 0.05) is 43.1 Å². The standard InChI is InChI=1S/C32H43N3O2S2/c1-2-3-4-5-6-7-8-9-10-11-12-13-14-15-16-17-18-19-20-23-31(36)34-25-27-38-39-28-26-35-32(37)30-22-21-24-33-29-30/h3-4,6-7,9-10,12-13,15-16,18-19,21-22,24,26,29H,2,5,8,11,14,17,20,23,25,27-28H2,1H3,(H,34,36)/b4-3-,7-6-,10-9-,13-12-,16-15-,19-18-,35-26?. The lowest BCUT2D eigenvalue weighted by Gasteiger charge is -2.03. The second kappa shape index (κ2) is 26.7. The van der Waals surface area contributed by atoms with E-state index >= 15 is 0 Å². The third kappa shape index (κ3) is 22.8. The third-order valence-electron chi connectivity index (χ3n) is 4.99. The second-order valence-electron chi connectivity index (χ2n) is 8.27. The molecular weight excluding hydrogens is 523 g/mol. The predicted octanol–water partition coefficient (Wildman–Crippen LogP) is 8.27. The summed E-state index contributed by atoms with van der Waals surface area (Å²) in [7, 11) is 3.25. The minimum absolute atomic E-state index is 0.0729. The highest BCUT2D eigenvalue weighted by atomic mass is 33.1. The van der Waals surface area contributed by atoms with Gasteiger partial charge >= 0.3 is 0 Å². The normalized spacial score (nSPS) is 12.5. The van der Waals surface area contributed by atoms with E-state index in [2.05, 4.69) is 95.1 Å². The molecule has 0 unspecified atom stereocenters. The van der Waals surface area contributed by atoms with Crippen molar-refractivity contribution >= 4 is 39.6 Å². The van der Waals surface area contributed by atoms with Crippen molar-refractivity contribution in [3.05, 3.63) is 103 Å². The van der Waals surface area contributed by atoms with Gasteiger partial charge in [0.2, 0.25) is 5.91 Å². The topological polar surface area (TPSA) is 71.4 Å². The van der Waals surface area contributed by atoms with Crippen molar-refractivity contribution in [2.24, 2.45) is 4.99 Å². The first-order valence-electron chi connectivity index (χ1n) is 13.6. The van der Waals surface area contributed by atoms with Crippen LogP contribution in [0.4, 0.5) is 0 Å². The Hall–Kier alpha value is -2.90. The smallest absolute Gasteiger partial charge is 0.278 e. The van der Waals surface area contributed by atoms with Gasteiger partial charge in [-0.15, -0.1) is 0 Å². The highest BCUT2D eigenvalue weighted by molar-refractivity contribution is 8.76. The molecule has 0 radical (unpaired) electrons. The van der Waals surface area contributed by atoms with Crippen LogP contribution in [-0.4, -0.2) is 41.1 Å². The highest BCUT2D eigenvalue weighted by Crippen LogP contribution is 2.19. The van der Waals surface area contributed by atoms with Crippen molar-refractivity contribution < 1.29 is 9.59 Å². The van der Waals surface area contributed by atoms with Gasteiger partial charge in [-0.3, -0.25) is 14.6 Å². The minimum atomic E-state index is -0.284. The fraction of sp³-hybridized carbons (Fsp3) is 0.375. The summed E-state index contributed by atoms with van der Waals surface area (Å²) in [4.78, 5) is 31.5. The van der Waals surface area contributed by atoms with E-state index < -0.39 is 0 Å². The van der Waals surface area contributed by atoms with Crippen LogP contribution in [0.25, 0.3) is 0 Å². The Kier molecular flexibility index (Phi) is 23.4. The Morgan fingerprint density at radius 2 is 1.44 bits per heavy atom. The Bertz CT molecular complexity index is 980. The number of nitrogens with zero attached hydrogens (tertiary/aromatic N) is 2. The van der Waals surface area contributed by atoms with Crippen LogP contribution in [-0.2, 0) is 4.79 Å². The predicted molar refractivity (Wildman–Crippen MR) is 172 cm³/mol. The van der Waals surface area contributed by atoms with Crippen LogP contribution in [0.2, 0.25) is 0 Å². The van der Waals surface area contributed by atoms with Crippen LogP contribution in [0.3, 0.4) is 0 Å². The van der Waals surface area contributed by atoms with Crippen molar-refractivity contribution in [3.8, 4) is 0 Å². The number of pyridine rings is 1. The van der Waals surface area contributed by atoms with Crippen molar-refractivity contribution in [3.63, 3.8) is 0 Å². The van der Waals surface area contributed by atoms with E-state index in [9.17, 15) is 9.59 Å². The van der Waals surface area contributed by atoms with Crippen molar-refractivity contribution in [1.82, 2.24) is 10.3 Å². The molecule has 5 nitrogen and oxygen atoms in total. The van der Waals surface area contributed by atoms with Gasteiger partial charge in [-0.1, -0.05) is 101 Å². The van der Waals surface area contributed by atoms with Gasteiger partial charge in [0.15, 0.2) is 0 Å². The van der Waals surface area contributed by atoms with Gasteiger partial charge in [0.1, 0.15) is 0 Å². The summed E-state index contributed by atoms with van der Waals surface area (Å²) in [5.41, 5.74) is 0.484. The van der Waals surface area contributed by atoms with Crippen LogP contribution in [0, 0.1) is 0 Å². The highest BCUT2D eigenvalue weighted by Gasteiger charge is 2.01. The van der Waals surface area contributed by atoms with Gasteiger partial charge in [-0.25, -0.2) is 4.99 Å². The molecule has 1 N–H and O–H groups in total. The molecule has 7 heteroatoms. The molecule has 0 aliphatic heterocycles. The summed E-state index contributed by atoms with van der Waals surface area (Å²) in [6.07, 6.45) is 38.0. The largest absolute Gasteiger partial charge is 0.355 e. The summed E-state index contributed by atoms with van der Waals surface area (Å²) < 4.78 is 0. The molecule has 0 atom stereocenters. The van der Waals surface area contributed by atoms with E-state index in [1.54, 1.807) is 46.1 Å². The van der Waals surface area contributed by atoms with Crippen LogP contribution in [0.5, 0.6) is 0 Å². The van der Waals surface area contributed by atoms with E-state index in [0.717, 1.165) is 50.7 Å². The number of carbonyl (C=O) groups is 2. The molecule has 0 fully saturated rings. The SMILES string of the molecule is CC/C=C\C/C=C\C/C=C\C/C=C\C/C=C\C/C=C\CCC(=O)NCCSSCC=NC(=O)c1cccnc1. The van der Waals surface area contributed by atoms with E-state index in [1.165, 1.54) is 6.20 Å². The minimum Gasteiger partial charge on any atom is -0.355 e. The van der Waals surface area contributed by atoms with Crippen molar-refractivity contribution in [2.45, 2.75) is 58.3 Å². The lowest BCUT2D eigenvalue weighted by Crippen LogP contribution is -2.25. The number of rotatable bonds is 21. The molecule has 1 aromatic heterocycles. The summed E-state index contributed by atoms with van der Waals surface area (Å²) in [5, 5.41) is 2.94. The third-order valence-corrected chi connectivity index (χ3v) is 7.22. The fourth-order valence-electron chi connectivity index (χ4n) is 3.00. The molecule has 0 bridgehead atoms. The van der Waals surface area contributed by atoms with Gasteiger partial charge in [0.05, 0.1) is 5.56 Å². The first-order chi connectivity index (χ1) is 19.2. The van der Waals surface area contributed by atoms with Crippen LogP contribution in [0.15, 0.2) is 102 Å². The first kappa shape index (κ1) is 34.1. The zero-order chi connectivity index (χ0) is 28.1. The van der Waals surface area contributed by atoms with Gasteiger partial charge in [-0.2, -0.15) is 0 Å². The Labute approximate surface area is 243 Å². The molecule has 210 valence electrons. The Balaban J connectivity index is 1.92. The Morgan fingerprint density at radius 1 is 0.846 bits per heavy atom. The van der Waals surface area contributed by atoms with Gasteiger partial charge < -0.3 is 5.32 Å². The maximum Gasteiger partial charge on any atom is 0.278 e. The number of allylic oxidation sites excluding steroid dienone is 12. The summed E-state index contributed by atoms with van der Waals surface area (Å²) in [5.74, 6) is 1.23. The van der Waals surface area contributed by atoms with E-state index in [-0.39, 0.29) is 11.8 Å². The summed E-state index contributed by atoms with van der Waals surface area (Å²) >= 11 is 0. The van der Waals surface area contributed by atoms with E-state index in [4.69, 9.17) is 0 Å². The zero-order valence-electron chi connectivity index (χ0n) is 23.1. The molecule has 0 aliphatic carbocycles. The Morgan fingerprint density at radius 3 is 2.00 bits per heavy atom. The molecular formula is C32H43N3O2S2. The fourth-order valence-corrected chi connectivity index (χ4v) is 4.61. The van der Waals surface area contributed by atoms with Crippen molar-refractivity contribution in [2.75, 3.05) is 18.1 Å². The van der Waals surface area contributed by atoms with E-state index in [0.29, 0.717) is 24.3 Å². The van der Waals surface area contributed by atoms with Crippen LogP contribution in [0.1, 0.15) is 68.6 Å². The monoisotopic (exact) mass is 565 g/mol. The molecule has 0 saturated heterocycles. The number of nitrogens with one attached hydrogen (secondary N) is 1. The second-order valence-corrected chi connectivity index (χ2v) is 10.9. The molecule has 0 aliphatic rings. The average molecular weight is 566 g/mol. The number of carbonyl (C=O) groups excluding carboxylic acids is 2. The maximum atomic E-state index is 11.9. The average Bonchev–Trinajstić information content (AvgIpc) is 2.96. The number of aromatic nitrogens is 1. The molecule has 1 rings (SSSR count). The van der Waals surface area contributed by atoms with Gasteiger partial charge in [-0.05, 0) is 57.1 Å². The molecule has 1 aromatic rings. The van der Waals surface area contributed by atoms with Crippen LogP contribution >= 0.6 is 21.6 Å². The first-order valence-corrected chi connectivity index (χ1v) is 16.1. The molecule has 0 aromatic carbocycles. The summed E-state index contributed by atoms with van der Waals surface area (Å²) in [6.45, 7) is 2.78. The molecule has 0 spiro atoms. The number of aliphatic imine (C=N–C) groups is 1. The van der Waals surface area contributed by atoms with Gasteiger partial charge in [0.25, 0.3) is 5.91 Å². The quantitative estimate of drug-likeness (QED) is 0.0703. The van der Waals surface area contributed by atoms with Crippen molar-refractivity contribution in [1.29, 1.82) is 0 Å². The number of hydrogen-bond donors (Lipinski definition) is 1. The van der Waals surface area contributed by atoms with Crippen LogP contribution < -0.4 is 5.32 Å². The summed E-state index contributed by atoms with van der Waals surface area (Å²) in [6, 6.07) is 3.41. The number of amides is 2. The maximum absolute atomic E-state index is 11.9. The molecule has 0 saturated carbocycles. The molecule has 39 heavy (non-hydrogen) atoms.